The molecular formula is C12H18N2O3. The average Bonchev–Trinajstić information content (AvgIpc) is 2.69. The van der Waals surface area contributed by atoms with Gasteiger partial charge < -0.3 is 4.74 Å². The van der Waals surface area contributed by atoms with Gasteiger partial charge in [-0.3, -0.25) is 9.59 Å². The summed E-state index contributed by atoms with van der Waals surface area (Å²) in [6.07, 6.45) is 6.63. The van der Waals surface area contributed by atoms with Crippen molar-refractivity contribution < 1.29 is 14.3 Å². The van der Waals surface area contributed by atoms with Crippen LogP contribution in [0, 0.1) is 0 Å². The fourth-order valence-electron chi connectivity index (χ4n) is 1.48. The Balaban J connectivity index is 2.04. The SMILES string of the molecule is CCCCCCCOC(=O)CC1=NC=NC1=O. The second-order valence-corrected chi connectivity index (χ2v) is 3.94. The third-order valence-corrected chi connectivity index (χ3v) is 2.46. The number of aliphatic imine (C=N–C) groups is 2. The van der Waals surface area contributed by atoms with Gasteiger partial charge in [0, 0.05) is 0 Å². The maximum Gasteiger partial charge on any atom is 0.312 e. The number of ether oxygens (including phenoxy) is 1. The Morgan fingerprint density at radius 1 is 1.29 bits per heavy atom. The summed E-state index contributed by atoms with van der Waals surface area (Å²) >= 11 is 0. The van der Waals surface area contributed by atoms with Crippen molar-refractivity contribution in [2.75, 3.05) is 6.61 Å². The quantitative estimate of drug-likeness (QED) is 0.479. The van der Waals surface area contributed by atoms with Gasteiger partial charge in [-0.05, 0) is 6.42 Å². The Kier molecular flexibility index (Phi) is 6.14. The van der Waals surface area contributed by atoms with E-state index in [-0.39, 0.29) is 12.1 Å². The summed E-state index contributed by atoms with van der Waals surface area (Å²) in [6, 6.07) is 0. The summed E-state index contributed by atoms with van der Waals surface area (Å²) in [5.74, 6) is -0.844. The van der Waals surface area contributed by atoms with Crippen molar-refractivity contribution in [3.8, 4) is 0 Å². The second kappa shape index (κ2) is 7.70. The molecule has 0 atom stereocenters. The molecule has 5 nitrogen and oxygen atoms in total. The lowest BCUT2D eigenvalue weighted by molar-refractivity contribution is -0.142. The lowest BCUT2D eigenvalue weighted by atomic mass is 10.2. The van der Waals surface area contributed by atoms with Crippen molar-refractivity contribution >= 4 is 23.9 Å². The number of rotatable bonds is 8. The molecule has 1 amide bonds. The van der Waals surface area contributed by atoms with Gasteiger partial charge in [-0.15, -0.1) is 0 Å². The molecule has 0 aromatic rings. The van der Waals surface area contributed by atoms with E-state index in [9.17, 15) is 9.59 Å². The first kappa shape index (κ1) is 13.5. The number of unbranched alkanes of at least 4 members (excludes halogenated alkanes) is 4. The van der Waals surface area contributed by atoms with E-state index >= 15 is 0 Å². The Labute approximate surface area is 101 Å². The largest absolute Gasteiger partial charge is 0.465 e. The molecule has 0 saturated carbocycles. The van der Waals surface area contributed by atoms with Crippen LogP contribution in [0.5, 0.6) is 0 Å². The molecule has 17 heavy (non-hydrogen) atoms. The van der Waals surface area contributed by atoms with Crippen LogP contribution in [0.3, 0.4) is 0 Å². The zero-order valence-corrected chi connectivity index (χ0v) is 10.1. The number of carbonyl (C=O) groups is 2. The van der Waals surface area contributed by atoms with E-state index < -0.39 is 11.9 Å². The van der Waals surface area contributed by atoms with Crippen molar-refractivity contribution in [1.29, 1.82) is 0 Å². The van der Waals surface area contributed by atoms with Crippen LogP contribution in [0.15, 0.2) is 9.98 Å². The smallest absolute Gasteiger partial charge is 0.312 e. The van der Waals surface area contributed by atoms with Crippen LogP contribution < -0.4 is 0 Å². The molecule has 0 spiro atoms. The molecule has 0 aromatic heterocycles. The molecule has 0 aromatic carbocycles. The number of hydrogen-bond acceptors (Lipinski definition) is 4. The minimum absolute atomic E-state index is 0.0756. The molecule has 1 aliphatic heterocycles. The van der Waals surface area contributed by atoms with Gasteiger partial charge in [-0.1, -0.05) is 32.6 Å². The van der Waals surface area contributed by atoms with E-state index in [1.165, 1.54) is 19.3 Å². The molecule has 0 aliphatic carbocycles. The number of esters is 1. The summed E-state index contributed by atoms with van der Waals surface area (Å²) in [4.78, 5) is 29.5. The van der Waals surface area contributed by atoms with Crippen LogP contribution in [0.25, 0.3) is 0 Å². The van der Waals surface area contributed by atoms with Gasteiger partial charge in [0.25, 0.3) is 5.91 Å². The standard InChI is InChI=1S/C12H18N2O3/c1-2-3-4-5-6-7-17-11(15)8-10-12(16)14-9-13-10/h9H,2-8H2,1H3. The molecule has 94 valence electrons. The first-order valence-corrected chi connectivity index (χ1v) is 6.03. The predicted octanol–water partition coefficient (Wildman–Crippen LogP) is 1.90. The first-order chi connectivity index (χ1) is 8.24. The van der Waals surface area contributed by atoms with Crippen molar-refractivity contribution in [2.45, 2.75) is 45.4 Å². The topological polar surface area (TPSA) is 68.1 Å². The molecule has 5 heteroatoms. The number of hydrogen-bond donors (Lipinski definition) is 0. The third-order valence-electron chi connectivity index (χ3n) is 2.46. The minimum Gasteiger partial charge on any atom is -0.465 e. The highest BCUT2D eigenvalue weighted by molar-refractivity contribution is 6.46. The van der Waals surface area contributed by atoms with Crippen LogP contribution in [-0.4, -0.2) is 30.5 Å². The van der Waals surface area contributed by atoms with Crippen molar-refractivity contribution in [1.82, 2.24) is 0 Å². The summed E-state index contributed by atoms with van der Waals surface area (Å²) in [6.45, 7) is 2.58. The maximum atomic E-state index is 11.3. The van der Waals surface area contributed by atoms with E-state index in [1.54, 1.807) is 0 Å². The van der Waals surface area contributed by atoms with Crippen LogP contribution in [-0.2, 0) is 14.3 Å². The van der Waals surface area contributed by atoms with Crippen LogP contribution in [0.1, 0.15) is 45.4 Å². The molecular weight excluding hydrogens is 220 g/mol. The van der Waals surface area contributed by atoms with Gasteiger partial charge >= 0.3 is 5.97 Å². The molecule has 1 heterocycles. The zero-order chi connectivity index (χ0) is 12.5. The number of carbonyl (C=O) groups excluding carboxylic acids is 2. The molecule has 0 radical (unpaired) electrons. The highest BCUT2D eigenvalue weighted by Crippen LogP contribution is 2.04. The molecule has 0 unspecified atom stereocenters. The zero-order valence-electron chi connectivity index (χ0n) is 10.1. The molecule has 0 saturated heterocycles. The van der Waals surface area contributed by atoms with Gasteiger partial charge in [0.05, 0.1) is 13.0 Å². The third kappa shape index (κ3) is 5.38. The molecule has 0 N–H and O–H groups in total. The summed E-state index contributed by atoms with van der Waals surface area (Å²) in [5, 5.41) is 0. The maximum absolute atomic E-state index is 11.3. The Hall–Kier alpha value is -1.52. The summed E-state index contributed by atoms with van der Waals surface area (Å²) < 4.78 is 5.00. The average molecular weight is 238 g/mol. The highest BCUT2D eigenvalue weighted by Gasteiger charge is 2.18. The van der Waals surface area contributed by atoms with Crippen LogP contribution in [0.4, 0.5) is 0 Å². The fraction of sp³-hybridized carbons (Fsp3) is 0.667. The van der Waals surface area contributed by atoms with Crippen LogP contribution in [0.2, 0.25) is 0 Å². The Morgan fingerprint density at radius 2 is 2.06 bits per heavy atom. The lowest BCUT2D eigenvalue weighted by Gasteiger charge is -2.03. The van der Waals surface area contributed by atoms with E-state index in [4.69, 9.17) is 4.74 Å². The van der Waals surface area contributed by atoms with Gasteiger partial charge in [-0.2, -0.15) is 4.99 Å². The Morgan fingerprint density at radius 3 is 2.71 bits per heavy atom. The van der Waals surface area contributed by atoms with Gasteiger partial charge in [0.15, 0.2) is 0 Å². The molecule has 1 aliphatic rings. The lowest BCUT2D eigenvalue weighted by Crippen LogP contribution is -2.16. The van der Waals surface area contributed by atoms with Crippen molar-refractivity contribution in [3.05, 3.63) is 0 Å². The Bertz CT molecular complexity index is 335. The summed E-state index contributed by atoms with van der Waals surface area (Å²) in [5.41, 5.74) is 0.168. The predicted molar refractivity (Wildman–Crippen MR) is 65.3 cm³/mol. The summed E-state index contributed by atoms with van der Waals surface area (Å²) in [7, 11) is 0. The first-order valence-electron chi connectivity index (χ1n) is 6.03. The van der Waals surface area contributed by atoms with Gasteiger partial charge in [0.2, 0.25) is 0 Å². The highest BCUT2D eigenvalue weighted by atomic mass is 16.5. The van der Waals surface area contributed by atoms with E-state index in [2.05, 4.69) is 16.9 Å². The molecule has 0 fully saturated rings. The molecule has 1 rings (SSSR count). The van der Waals surface area contributed by atoms with Gasteiger partial charge in [-0.25, -0.2) is 4.99 Å². The van der Waals surface area contributed by atoms with Gasteiger partial charge in [0.1, 0.15) is 12.1 Å². The van der Waals surface area contributed by atoms with Crippen LogP contribution >= 0.6 is 0 Å². The van der Waals surface area contributed by atoms with E-state index in [0.717, 1.165) is 19.2 Å². The normalized spacial score (nSPS) is 13.9. The van der Waals surface area contributed by atoms with Crippen molar-refractivity contribution in [2.24, 2.45) is 9.98 Å². The molecule has 0 bridgehead atoms. The monoisotopic (exact) mass is 238 g/mol. The minimum atomic E-state index is -0.440. The van der Waals surface area contributed by atoms with E-state index in [1.807, 2.05) is 0 Å². The number of nitrogens with zero attached hydrogens (tertiary/aromatic N) is 2. The second-order valence-electron chi connectivity index (χ2n) is 3.94. The van der Waals surface area contributed by atoms with E-state index in [0.29, 0.717) is 6.61 Å². The fourth-order valence-corrected chi connectivity index (χ4v) is 1.48. The van der Waals surface area contributed by atoms with Crippen molar-refractivity contribution in [3.63, 3.8) is 0 Å². The number of amides is 1.